The largest absolute Gasteiger partial charge is 0.395 e. The molecule has 38 heavy (non-hydrogen) atoms. The molecule has 0 bridgehead atoms. The lowest BCUT2D eigenvalue weighted by Crippen LogP contribution is -2.39. The van der Waals surface area contributed by atoms with Crippen molar-refractivity contribution in [3.8, 4) is 0 Å². The van der Waals surface area contributed by atoms with Gasteiger partial charge in [0.25, 0.3) is 0 Å². The van der Waals surface area contributed by atoms with E-state index in [0.717, 1.165) is 31.3 Å². The zero-order valence-electron chi connectivity index (χ0n) is 26.2. The van der Waals surface area contributed by atoms with Gasteiger partial charge in [0.05, 0.1) is 5.92 Å². The van der Waals surface area contributed by atoms with Crippen LogP contribution < -0.4 is 0 Å². The minimum Gasteiger partial charge on any atom is -0.300 e. The summed E-state index contributed by atoms with van der Waals surface area (Å²) in [5.74, 6) is -0.553. The van der Waals surface area contributed by atoms with Crippen molar-refractivity contribution in [1.29, 1.82) is 0 Å². The van der Waals surface area contributed by atoms with Crippen LogP contribution >= 0.6 is 0 Å². The summed E-state index contributed by atoms with van der Waals surface area (Å²) >= 11 is 0. The van der Waals surface area contributed by atoms with Crippen LogP contribution in [0.5, 0.6) is 0 Å². The van der Waals surface area contributed by atoms with Gasteiger partial charge in [0.15, 0.2) is 0 Å². The maximum atomic E-state index is 12.4. The van der Waals surface area contributed by atoms with E-state index in [1.807, 2.05) is 40.8 Å². The molecule has 3 unspecified atom stereocenters. The molecular formula is C33H59F3N2. The Morgan fingerprint density at radius 2 is 1.63 bits per heavy atom. The molecule has 0 aliphatic heterocycles. The van der Waals surface area contributed by atoms with Crippen molar-refractivity contribution < 1.29 is 13.2 Å². The first kappa shape index (κ1) is 38.5. The molecule has 2 rings (SSSR count). The van der Waals surface area contributed by atoms with Crippen LogP contribution in [-0.2, 0) is 0 Å². The number of aliphatic imine (C=N–C) groups is 1. The summed E-state index contributed by atoms with van der Waals surface area (Å²) in [5.41, 5.74) is 0.288. The molecule has 5 heteroatoms. The smallest absolute Gasteiger partial charge is 0.300 e. The summed E-state index contributed by atoms with van der Waals surface area (Å²) in [7, 11) is 2.34. The van der Waals surface area contributed by atoms with E-state index in [-0.39, 0.29) is 11.5 Å². The van der Waals surface area contributed by atoms with E-state index in [2.05, 4.69) is 44.5 Å². The quantitative estimate of drug-likeness (QED) is 0.153. The molecule has 0 aromatic rings. The second kappa shape index (κ2) is 22.2. The molecule has 0 aromatic carbocycles. The van der Waals surface area contributed by atoms with Crippen molar-refractivity contribution >= 4 is 6.21 Å². The molecule has 2 fully saturated rings. The summed E-state index contributed by atoms with van der Waals surface area (Å²) in [6.07, 6.45) is 17.9. The number of hydrogen-bond acceptors (Lipinski definition) is 2. The highest BCUT2D eigenvalue weighted by molar-refractivity contribution is 5.71. The van der Waals surface area contributed by atoms with Crippen molar-refractivity contribution in [3.63, 3.8) is 0 Å². The van der Waals surface area contributed by atoms with Crippen molar-refractivity contribution in [2.75, 3.05) is 7.05 Å². The van der Waals surface area contributed by atoms with E-state index < -0.39 is 12.1 Å². The maximum absolute atomic E-state index is 12.4. The van der Waals surface area contributed by atoms with Gasteiger partial charge < -0.3 is 4.90 Å². The van der Waals surface area contributed by atoms with Gasteiger partial charge in [-0.2, -0.15) is 13.2 Å². The van der Waals surface area contributed by atoms with Gasteiger partial charge in [0.1, 0.15) is 0 Å². The topological polar surface area (TPSA) is 15.6 Å². The SMILES string of the molecule is C=CC(C)/C=C\C(=C/C)[C@@H](C)C(F)(F)F.CC.CC.CC/C=C\C=N[C@H](C)C1CCCC(N(C)C2CC2)C1. The standard InChI is InChI=1S/C17H30N2.C12H17F3.2C2H6/c1-4-5-6-12-18-14(2)15-8-7-9-17(13-15)19(3)16-10-11-16;1-5-9(3)7-8-11(6-2)10(4)12(13,14)15;2*1-2/h5-6,12,14-17H,4,7-11,13H2,1-3H3;5-10H,1H2,2-4H3;2*1-2H3/b6-5-,18-12?;8-7-,11-6+;;/t14-,15?,17?;9?,10-;;/m11../s1. The lowest BCUT2D eigenvalue weighted by molar-refractivity contribution is -0.158. The average molecular weight is 541 g/mol. The molecule has 0 spiro atoms. The lowest BCUT2D eigenvalue weighted by Gasteiger charge is -2.37. The van der Waals surface area contributed by atoms with Gasteiger partial charge in [-0.15, -0.1) is 6.58 Å². The number of halogens is 3. The third-order valence-corrected chi connectivity index (χ3v) is 7.14. The van der Waals surface area contributed by atoms with Crippen LogP contribution in [0.25, 0.3) is 0 Å². The highest BCUT2D eigenvalue weighted by Gasteiger charge is 2.37. The summed E-state index contributed by atoms with van der Waals surface area (Å²) in [6.45, 7) is 20.7. The second-order valence-electron chi connectivity index (χ2n) is 9.86. The molecule has 222 valence electrons. The molecule has 0 aromatic heterocycles. The predicted molar refractivity (Wildman–Crippen MR) is 164 cm³/mol. The summed E-state index contributed by atoms with van der Waals surface area (Å²) in [6, 6.07) is 2.20. The molecule has 5 atom stereocenters. The van der Waals surface area contributed by atoms with Crippen molar-refractivity contribution in [3.05, 3.63) is 48.6 Å². The van der Waals surface area contributed by atoms with E-state index in [9.17, 15) is 13.2 Å². The molecule has 2 aliphatic rings. The Kier molecular flexibility index (Phi) is 22.5. The van der Waals surface area contributed by atoms with Crippen molar-refractivity contribution in [2.45, 2.75) is 132 Å². The first-order valence-electron chi connectivity index (χ1n) is 15.0. The minimum absolute atomic E-state index is 0.0837. The molecule has 0 N–H and O–H groups in total. The van der Waals surface area contributed by atoms with Gasteiger partial charge >= 0.3 is 6.18 Å². The number of nitrogens with zero attached hydrogens (tertiary/aromatic N) is 2. The average Bonchev–Trinajstić information content (AvgIpc) is 3.78. The van der Waals surface area contributed by atoms with Crippen LogP contribution in [0.1, 0.15) is 107 Å². The molecule has 2 saturated carbocycles. The summed E-state index contributed by atoms with van der Waals surface area (Å²) in [4.78, 5) is 7.36. The highest BCUT2D eigenvalue weighted by Crippen LogP contribution is 2.36. The Morgan fingerprint density at radius 3 is 2.11 bits per heavy atom. The molecular weight excluding hydrogens is 481 g/mol. The van der Waals surface area contributed by atoms with E-state index in [1.54, 1.807) is 19.1 Å². The van der Waals surface area contributed by atoms with Crippen molar-refractivity contribution in [2.24, 2.45) is 22.7 Å². The zero-order chi connectivity index (χ0) is 29.7. The Morgan fingerprint density at radius 1 is 1.03 bits per heavy atom. The lowest BCUT2D eigenvalue weighted by atomic mass is 9.81. The summed E-state index contributed by atoms with van der Waals surface area (Å²) in [5, 5.41) is 0. The Bertz CT molecular complexity index is 702. The summed E-state index contributed by atoms with van der Waals surface area (Å²) < 4.78 is 37.2. The maximum Gasteiger partial charge on any atom is 0.395 e. The van der Waals surface area contributed by atoms with E-state index in [0.29, 0.717) is 6.04 Å². The monoisotopic (exact) mass is 540 g/mol. The fourth-order valence-electron chi connectivity index (χ4n) is 4.31. The first-order valence-corrected chi connectivity index (χ1v) is 15.0. The van der Waals surface area contributed by atoms with Crippen LogP contribution in [-0.4, -0.2) is 42.5 Å². The second-order valence-corrected chi connectivity index (χ2v) is 9.86. The van der Waals surface area contributed by atoms with Gasteiger partial charge in [-0.1, -0.05) is 78.3 Å². The van der Waals surface area contributed by atoms with Crippen LogP contribution in [0.4, 0.5) is 13.2 Å². The molecule has 0 saturated heterocycles. The first-order chi connectivity index (χ1) is 18.0. The molecule has 0 radical (unpaired) electrons. The Balaban J connectivity index is 0. The van der Waals surface area contributed by atoms with Crippen LogP contribution in [0.15, 0.2) is 53.6 Å². The Labute approximate surface area is 234 Å². The van der Waals surface area contributed by atoms with Crippen molar-refractivity contribution in [1.82, 2.24) is 4.90 Å². The van der Waals surface area contributed by atoms with Crippen LogP contribution in [0, 0.1) is 17.8 Å². The number of rotatable bonds is 10. The zero-order valence-corrected chi connectivity index (χ0v) is 26.2. The Hall–Kier alpha value is -1.62. The third kappa shape index (κ3) is 16.4. The van der Waals surface area contributed by atoms with E-state index in [4.69, 9.17) is 4.99 Å². The van der Waals surface area contributed by atoms with Gasteiger partial charge in [-0.3, -0.25) is 4.99 Å². The molecule has 2 aliphatic carbocycles. The normalized spacial score (nSPS) is 22.6. The van der Waals surface area contributed by atoms with Crippen LogP contribution in [0.2, 0.25) is 0 Å². The predicted octanol–water partition coefficient (Wildman–Crippen LogP) is 10.6. The minimum atomic E-state index is -4.18. The molecule has 0 amide bonds. The molecule has 2 nitrogen and oxygen atoms in total. The van der Waals surface area contributed by atoms with E-state index in [1.165, 1.54) is 50.7 Å². The van der Waals surface area contributed by atoms with Gasteiger partial charge in [0, 0.05) is 24.3 Å². The fraction of sp³-hybridized carbons (Fsp3) is 0.727. The number of allylic oxidation sites excluding steroid dienone is 7. The third-order valence-electron chi connectivity index (χ3n) is 7.14. The molecule has 0 heterocycles. The van der Waals surface area contributed by atoms with Gasteiger partial charge in [-0.25, -0.2) is 0 Å². The van der Waals surface area contributed by atoms with Gasteiger partial charge in [-0.05, 0) is 89.8 Å². The van der Waals surface area contributed by atoms with Gasteiger partial charge in [0.2, 0.25) is 0 Å². The van der Waals surface area contributed by atoms with Crippen LogP contribution in [0.3, 0.4) is 0 Å². The number of alkyl halides is 3. The fourth-order valence-corrected chi connectivity index (χ4v) is 4.31. The number of hydrogen-bond donors (Lipinski definition) is 0. The van der Waals surface area contributed by atoms with E-state index >= 15 is 0 Å². The highest BCUT2D eigenvalue weighted by atomic mass is 19.4.